The highest BCUT2D eigenvalue weighted by Gasteiger charge is 2.24. The van der Waals surface area contributed by atoms with Gasteiger partial charge in [0, 0.05) is 26.2 Å². The Morgan fingerprint density at radius 1 is 1.00 bits per heavy atom. The molecular formula is C18H20N2O5S. The van der Waals surface area contributed by atoms with Crippen LogP contribution in [0.1, 0.15) is 5.56 Å². The third-order valence-electron chi connectivity index (χ3n) is 4.27. The second kappa shape index (κ2) is 7.25. The fourth-order valence-electron chi connectivity index (χ4n) is 2.80. The normalized spacial score (nSPS) is 15.0. The van der Waals surface area contributed by atoms with Gasteiger partial charge in [-0.2, -0.15) is 8.42 Å². The zero-order valence-electron chi connectivity index (χ0n) is 14.3. The second-order valence-electron chi connectivity index (χ2n) is 6.07. The Kier molecular flexibility index (Phi) is 5.03. The molecule has 0 aliphatic carbocycles. The number of hydrogen-bond donors (Lipinski definition) is 1. The number of anilines is 1. The summed E-state index contributed by atoms with van der Waals surface area (Å²) >= 11 is 0. The zero-order valence-corrected chi connectivity index (χ0v) is 15.1. The summed E-state index contributed by atoms with van der Waals surface area (Å²) < 4.78 is 30.5. The van der Waals surface area contributed by atoms with E-state index in [-0.39, 0.29) is 10.6 Å². The molecule has 1 amide bonds. The minimum atomic E-state index is -3.95. The third kappa shape index (κ3) is 3.91. The lowest BCUT2D eigenvalue weighted by molar-refractivity contribution is 0.142. The first-order valence-corrected chi connectivity index (χ1v) is 9.61. The minimum Gasteiger partial charge on any atom is -0.465 e. The highest BCUT2D eigenvalue weighted by atomic mass is 32.2. The molecule has 1 fully saturated rings. The van der Waals surface area contributed by atoms with Crippen LogP contribution < -0.4 is 9.08 Å². The first-order chi connectivity index (χ1) is 12.4. The molecule has 26 heavy (non-hydrogen) atoms. The van der Waals surface area contributed by atoms with Crippen molar-refractivity contribution in [2.45, 2.75) is 11.8 Å². The van der Waals surface area contributed by atoms with Crippen LogP contribution in [0.2, 0.25) is 0 Å². The van der Waals surface area contributed by atoms with Gasteiger partial charge in [0.2, 0.25) is 0 Å². The van der Waals surface area contributed by atoms with Crippen molar-refractivity contribution >= 4 is 21.9 Å². The van der Waals surface area contributed by atoms with Gasteiger partial charge in [0.25, 0.3) is 0 Å². The van der Waals surface area contributed by atoms with Crippen molar-refractivity contribution in [1.82, 2.24) is 4.90 Å². The number of carboxylic acid groups (broad SMARTS) is 1. The summed E-state index contributed by atoms with van der Waals surface area (Å²) in [5, 5.41) is 9.05. The first-order valence-electron chi connectivity index (χ1n) is 8.20. The van der Waals surface area contributed by atoms with Crippen LogP contribution in [0.4, 0.5) is 10.5 Å². The van der Waals surface area contributed by atoms with Gasteiger partial charge in [-0.1, -0.05) is 29.8 Å². The van der Waals surface area contributed by atoms with Crippen molar-refractivity contribution in [3.05, 3.63) is 54.1 Å². The molecule has 7 nitrogen and oxygen atoms in total. The maximum Gasteiger partial charge on any atom is 0.407 e. The van der Waals surface area contributed by atoms with Gasteiger partial charge in [0.15, 0.2) is 5.75 Å². The van der Waals surface area contributed by atoms with Crippen LogP contribution in [0.15, 0.2) is 53.4 Å². The molecule has 0 atom stereocenters. The summed E-state index contributed by atoms with van der Waals surface area (Å²) in [6.45, 7) is 3.53. The molecule has 0 saturated carbocycles. The number of hydrogen-bond acceptors (Lipinski definition) is 5. The molecule has 1 N–H and O–H groups in total. The van der Waals surface area contributed by atoms with Crippen LogP contribution in [0.25, 0.3) is 0 Å². The maximum absolute atomic E-state index is 12.6. The number of nitrogens with zero attached hydrogens (tertiary/aromatic N) is 2. The molecule has 2 aromatic rings. The Morgan fingerprint density at radius 2 is 1.62 bits per heavy atom. The molecule has 0 spiro atoms. The standard InChI is InChI=1S/C18H20N2O5S/c1-14-6-8-15(9-7-14)26(23,24)25-17-5-3-2-4-16(17)19-10-12-20(13-11-19)18(21)22/h2-9H,10-13H2,1H3,(H,21,22). The molecule has 0 radical (unpaired) electrons. The lowest BCUT2D eigenvalue weighted by atomic mass is 10.2. The molecule has 138 valence electrons. The topological polar surface area (TPSA) is 87.2 Å². The van der Waals surface area contributed by atoms with Crippen LogP contribution in [0.3, 0.4) is 0 Å². The van der Waals surface area contributed by atoms with Gasteiger partial charge in [0.05, 0.1) is 5.69 Å². The molecule has 8 heteroatoms. The Hall–Kier alpha value is -2.74. The Bertz CT molecular complexity index is 888. The third-order valence-corrected chi connectivity index (χ3v) is 5.51. The summed E-state index contributed by atoms with van der Waals surface area (Å²) in [5.41, 5.74) is 1.59. The summed E-state index contributed by atoms with van der Waals surface area (Å²) in [7, 11) is -3.95. The summed E-state index contributed by atoms with van der Waals surface area (Å²) in [6.07, 6.45) is -0.948. The predicted molar refractivity (Wildman–Crippen MR) is 97.2 cm³/mol. The molecule has 1 heterocycles. The lowest BCUT2D eigenvalue weighted by Crippen LogP contribution is -2.48. The van der Waals surface area contributed by atoms with Crippen LogP contribution in [0, 0.1) is 6.92 Å². The Morgan fingerprint density at radius 3 is 2.23 bits per heavy atom. The van der Waals surface area contributed by atoms with Gasteiger partial charge in [-0.15, -0.1) is 0 Å². The van der Waals surface area contributed by atoms with Gasteiger partial charge in [0.1, 0.15) is 4.90 Å². The van der Waals surface area contributed by atoms with Gasteiger partial charge in [-0.05, 0) is 31.2 Å². The van der Waals surface area contributed by atoms with Crippen molar-refractivity contribution in [3.8, 4) is 5.75 Å². The summed E-state index contributed by atoms with van der Waals surface area (Å²) in [5.74, 6) is 0.233. The number of carbonyl (C=O) groups is 1. The molecule has 2 aromatic carbocycles. The van der Waals surface area contributed by atoms with Crippen molar-refractivity contribution in [3.63, 3.8) is 0 Å². The van der Waals surface area contributed by atoms with E-state index in [2.05, 4.69) is 0 Å². The summed E-state index contributed by atoms with van der Waals surface area (Å²) in [6, 6.07) is 13.3. The average Bonchev–Trinajstić information content (AvgIpc) is 2.62. The van der Waals surface area contributed by atoms with E-state index in [1.165, 1.54) is 17.0 Å². The van der Waals surface area contributed by atoms with E-state index in [9.17, 15) is 13.2 Å². The Balaban J connectivity index is 1.82. The molecule has 0 unspecified atom stereocenters. The minimum absolute atomic E-state index is 0.0913. The maximum atomic E-state index is 12.6. The second-order valence-corrected chi connectivity index (χ2v) is 7.62. The van der Waals surface area contributed by atoms with E-state index >= 15 is 0 Å². The quantitative estimate of drug-likeness (QED) is 0.826. The van der Waals surface area contributed by atoms with Gasteiger partial charge < -0.3 is 19.1 Å². The molecule has 0 bridgehead atoms. The highest BCUT2D eigenvalue weighted by Crippen LogP contribution is 2.31. The molecule has 0 aromatic heterocycles. The predicted octanol–water partition coefficient (Wildman–Crippen LogP) is 2.56. The SMILES string of the molecule is Cc1ccc(S(=O)(=O)Oc2ccccc2N2CCN(C(=O)O)CC2)cc1. The van der Waals surface area contributed by atoms with E-state index in [1.54, 1.807) is 36.4 Å². The van der Waals surface area contributed by atoms with E-state index < -0.39 is 16.2 Å². The number of amides is 1. The fourth-order valence-corrected chi connectivity index (χ4v) is 3.74. The number of aryl methyl sites for hydroxylation is 1. The van der Waals surface area contributed by atoms with Crippen LogP contribution >= 0.6 is 0 Å². The molecule has 1 aliphatic rings. The van der Waals surface area contributed by atoms with Gasteiger partial charge in [-0.25, -0.2) is 4.79 Å². The lowest BCUT2D eigenvalue weighted by Gasteiger charge is -2.35. The molecule has 3 rings (SSSR count). The number of para-hydroxylation sites is 2. The van der Waals surface area contributed by atoms with Gasteiger partial charge >= 0.3 is 16.2 Å². The van der Waals surface area contributed by atoms with Crippen LogP contribution in [-0.4, -0.2) is 50.7 Å². The van der Waals surface area contributed by atoms with E-state index in [4.69, 9.17) is 9.29 Å². The van der Waals surface area contributed by atoms with E-state index in [0.717, 1.165) is 5.56 Å². The highest BCUT2D eigenvalue weighted by molar-refractivity contribution is 7.87. The number of benzene rings is 2. The van der Waals surface area contributed by atoms with Gasteiger partial charge in [-0.3, -0.25) is 0 Å². The van der Waals surface area contributed by atoms with Crippen molar-refractivity contribution in [2.24, 2.45) is 0 Å². The Labute approximate surface area is 152 Å². The van der Waals surface area contributed by atoms with Crippen molar-refractivity contribution in [1.29, 1.82) is 0 Å². The largest absolute Gasteiger partial charge is 0.465 e. The monoisotopic (exact) mass is 376 g/mol. The van der Waals surface area contributed by atoms with Crippen LogP contribution in [-0.2, 0) is 10.1 Å². The van der Waals surface area contributed by atoms with E-state index in [1.807, 2.05) is 11.8 Å². The number of piperazine rings is 1. The summed E-state index contributed by atoms with van der Waals surface area (Å²) in [4.78, 5) is 14.4. The van der Waals surface area contributed by atoms with E-state index in [0.29, 0.717) is 31.9 Å². The number of rotatable bonds is 4. The first kappa shape index (κ1) is 18.1. The molecule has 1 saturated heterocycles. The van der Waals surface area contributed by atoms with Crippen molar-refractivity contribution < 1.29 is 22.5 Å². The zero-order chi connectivity index (χ0) is 18.7. The molecular weight excluding hydrogens is 356 g/mol. The average molecular weight is 376 g/mol. The fraction of sp³-hybridized carbons (Fsp3) is 0.278. The van der Waals surface area contributed by atoms with Crippen LogP contribution in [0.5, 0.6) is 5.75 Å². The van der Waals surface area contributed by atoms with Crippen molar-refractivity contribution in [2.75, 3.05) is 31.1 Å². The smallest absolute Gasteiger partial charge is 0.407 e. The molecule has 1 aliphatic heterocycles.